The molecule has 0 aromatic rings. The molecule has 23 heavy (non-hydrogen) atoms. The van der Waals surface area contributed by atoms with E-state index in [-0.39, 0.29) is 5.97 Å². The summed E-state index contributed by atoms with van der Waals surface area (Å²) in [7, 11) is 0. The van der Waals surface area contributed by atoms with Crippen molar-refractivity contribution < 1.29 is 9.53 Å². The molecule has 0 aromatic heterocycles. The molecule has 1 aliphatic rings. The number of terminal acetylenes is 2. The van der Waals surface area contributed by atoms with Gasteiger partial charge in [0.15, 0.2) is 0 Å². The maximum absolute atomic E-state index is 11.7. The Hall–Kier alpha value is -1.49. The van der Waals surface area contributed by atoms with Crippen LogP contribution in [0.1, 0.15) is 44.9 Å². The number of nitrogens with zero attached hydrogens (tertiary/aromatic N) is 2. The van der Waals surface area contributed by atoms with Crippen molar-refractivity contribution in [1.82, 2.24) is 9.80 Å². The number of esters is 1. The fraction of sp³-hybridized carbons (Fsp3) is 0.737. The lowest BCUT2D eigenvalue weighted by Crippen LogP contribution is -2.36. The van der Waals surface area contributed by atoms with Gasteiger partial charge in [-0.25, -0.2) is 0 Å². The average molecular weight is 318 g/mol. The molecule has 0 saturated carbocycles. The second-order valence-electron chi connectivity index (χ2n) is 5.98. The van der Waals surface area contributed by atoms with Crippen LogP contribution in [0.25, 0.3) is 0 Å². The molecule has 128 valence electrons. The summed E-state index contributed by atoms with van der Waals surface area (Å²) in [5.74, 6) is 4.99. The number of hydrogen-bond acceptors (Lipinski definition) is 4. The van der Waals surface area contributed by atoms with Crippen LogP contribution in [0.5, 0.6) is 0 Å². The second kappa shape index (κ2) is 13.0. The first-order chi connectivity index (χ1) is 11.3. The number of unbranched alkanes of at least 4 members (excludes halogenated alkanes) is 2. The van der Waals surface area contributed by atoms with E-state index in [0.717, 1.165) is 45.4 Å². The molecular weight excluding hydrogens is 288 g/mol. The van der Waals surface area contributed by atoms with Crippen molar-refractivity contribution in [2.75, 3.05) is 45.9 Å². The first kappa shape index (κ1) is 19.6. The third kappa shape index (κ3) is 10.00. The number of carbonyl (C=O) groups is 1. The molecule has 4 nitrogen and oxygen atoms in total. The fourth-order valence-electron chi connectivity index (χ4n) is 2.73. The van der Waals surface area contributed by atoms with Crippen LogP contribution in [-0.4, -0.2) is 61.6 Å². The minimum Gasteiger partial charge on any atom is -0.465 e. The van der Waals surface area contributed by atoms with Gasteiger partial charge >= 0.3 is 5.97 Å². The zero-order valence-electron chi connectivity index (χ0n) is 14.3. The molecule has 0 radical (unpaired) electrons. The number of ether oxygens (including phenoxy) is 1. The summed E-state index contributed by atoms with van der Waals surface area (Å²) in [5, 5.41) is 0. The van der Waals surface area contributed by atoms with Gasteiger partial charge in [0.2, 0.25) is 0 Å². The zero-order chi connectivity index (χ0) is 16.8. The molecule has 0 aliphatic carbocycles. The number of likely N-dealkylation sites (tertiary alicyclic amines) is 1. The smallest absolute Gasteiger partial charge is 0.307 e. The summed E-state index contributed by atoms with van der Waals surface area (Å²) < 4.78 is 5.11. The zero-order valence-corrected chi connectivity index (χ0v) is 14.3. The van der Waals surface area contributed by atoms with Gasteiger partial charge in [0.1, 0.15) is 6.61 Å². The molecular formula is C19H30N2O2. The van der Waals surface area contributed by atoms with Gasteiger partial charge in [-0.05, 0) is 45.3 Å². The van der Waals surface area contributed by atoms with E-state index in [4.69, 9.17) is 17.6 Å². The van der Waals surface area contributed by atoms with E-state index >= 15 is 0 Å². The lowest BCUT2D eigenvalue weighted by atomic mass is 10.2. The predicted octanol–water partition coefficient (Wildman–Crippen LogP) is 2.14. The number of hydrogen-bond donors (Lipinski definition) is 0. The quantitative estimate of drug-likeness (QED) is 0.314. The average Bonchev–Trinajstić information content (AvgIpc) is 3.07. The number of rotatable bonds is 12. The number of carbonyl (C=O) groups excluding carboxylic acids is 1. The highest BCUT2D eigenvalue weighted by atomic mass is 16.5. The van der Waals surface area contributed by atoms with Crippen molar-refractivity contribution in [3.63, 3.8) is 0 Å². The molecule has 0 atom stereocenters. The minimum atomic E-state index is -0.157. The van der Waals surface area contributed by atoms with Crippen LogP contribution >= 0.6 is 0 Å². The van der Waals surface area contributed by atoms with Crippen molar-refractivity contribution in [2.24, 2.45) is 0 Å². The van der Waals surface area contributed by atoms with Crippen LogP contribution in [0.4, 0.5) is 0 Å². The molecule has 1 saturated heterocycles. The molecule has 1 heterocycles. The van der Waals surface area contributed by atoms with Gasteiger partial charge in [0.25, 0.3) is 0 Å². The molecule has 1 rings (SSSR count). The standard InChI is InChI=1S/C19H30N2O2/c1-3-5-7-8-12-21(17-16-20-13-9-10-14-20)15-11-19(22)23-18-6-4-2/h1-2H,5-18H2. The van der Waals surface area contributed by atoms with Crippen LogP contribution in [0.15, 0.2) is 0 Å². The third-order valence-electron chi connectivity index (χ3n) is 4.12. The lowest BCUT2D eigenvalue weighted by molar-refractivity contribution is -0.143. The molecule has 1 aliphatic heterocycles. The SMILES string of the molecule is C#CCCCCN(CCC(=O)OCCC#C)CCN1CCCC1. The summed E-state index contributed by atoms with van der Waals surface area (Å²) in [4.78, 5) is 16.6. The highest BCUT2D eigenvalue weighted by Gasteiger charge is 2.14. The van der Waals surface area contributed by atoms with Gasteiger partial charge < -0.3 is 14.5 Å². The Morgan fingerprint density at radius 1 is 1.04 bits per heavy atom. The highest BCUT2D eigenvalue weighted by molar-refractivity contribution is 5.69. The van der Waals surface area contributed by atoms with Crippen LogP contribution in [0, 0.1) is 24.7 Å². The lowest BCUT2D eigenvalue weighted by Gasteiger charge is -2.25. The summed E-state index contributed by atoms with van der Waals surface area (Å²) in [6.45, 7) is 6.57. The van der Waals surface area contributed by atoms with Crippen molar-refractivity contribution in [3.8, 4) is 24.7 Å². The molecule has 0 N–H and O–H groups in total. The Kier molecular flexibility index (Phi) is 11.0. The maximum atomic E-state index is 11.7. The highest BCUT2D eigenvalue weighted by Crippen LogP contribution is 2.08. The van der Waals surface area contributed by atoms with E-state index in [0.29, 0.717) is 19.4 Å². The van der Waals surface area contributed by atoms with E-state index < -0.39 is 0 Å². The van der Waals surface area contributed by atoms with Crippen molar-refractivity contribution in [1.29, 1.82) is 0 Å². The molecule has 0 unspecified atom stereocenters. The Labute approximate surface area is 141 Å². The van der Waals surface area contributed by atoms with Crippen LogP contribution < -0.4 is 0 Å². The van der Waals surface area contributed by atoms with E-state index in [1.165, 1.54) is 25.9 Å². The van der Waals surface area contributed by atoms with Gasteiger partial charge in [-0.3, -0.25) is 4.79 Å². The Morgan fingerprint density at radius 3 is 2.48 bits per heavy atom. The molecule has 0 aromatic carbocycles. The fourth-order valence-corrected chi connectivity index (χ4v) is 2.73. The Balaban J connectivity index is 2.26. The first-order valence-corrected chi connectivity index (χ1v) is 8.73. The summed E-state index contributed by atoms with van der Waals surface area (Å²) >= 11 is 0. The van der Waals surface area contributed by atoms with Crippen molar-refractivity contribution in [3.05, 3.63) is 0 Å². The molecule has 0 bridgehead atoms. The topological polar surface area (TPSA) is 32.8 Å². The van der Waals surface area contributed by atoms with E-state index in [1.807, 2.05) is 0 Å². The van der Waals surface area contributed by atoms with Gasteiger partial charge in [0.05, 0.1) is 6.42 Å². The minimum absolute atomic E-state index is 0.157. The Morgan fingerprint density at radius 2 is 1.78 bits per heavy atom. The van der Waals surface area contributed by atoms with Crippen LogP contribution in [0.2, 0.25) is 0 Å². The Bertz CT molecular complexity index is 403. The second-order valence-corrected chi connectivity index (χ2v) is 5.98. The predicted molar refractivity (Wildman–Crippen MR) is 93.8 cm³/mol. The molecule has 1 fully saturated rings. The van der Waals surface area contributed by atoms with Crippen LogP contribution in [-0.2, 0) is 9.53 Å². The normalized spacial score (nSPS) is 14.6. The van der Waals surface area contributed by atoms with E-state index in [9.17, 15) is 4.79 Å². The van der Waals surface area contributed by atoms with Gasteiger partial charge in [0, 0.05) is 32.5 Å². The van der Waals surface area contributed by atoms with E-state index in [2.05, 4.69) is 21.6 Å². The summed E-state index contributed by atoms with van der Waals surface area (Å²) in [5.41, 5.74) is 0. The van der Waals surface area contributed by atoms with Gasteiger partial charge in [-0.1, -0.05) is 0 Å². The third-order valence-corrected chi connectivity index (χ3v) is 4.12. The summed E-state index contributed by atoms with van der Waals surface area (Å²) in [6, 6.07) is 0. The monoisotopic (exact) mass is 318 g/mol. The molecule has 0 spiro atoms. The van der Waals surface area contributed by atoms with Crippen molar-refractivity contribution in [2.45, 2.75) is 44.9 Å². The van der Waals surface area contributed by atoms with Gasteiger partial charge in [-0.15, -0.1) is 24.7 Å². The maximum Gasteiger partial charge on any atom is 0.307 e. The van der Waals surface area contributed by atoms with E-state index in [1.54, 1.807) is 0 Å². The van der Waals surface area contributed by atoms with Crippen LogP contribution in [0.3, 0.4) is 0 Å². The van der Waals surface area contributed by atoms with Gasteiger partial charge in [-0.2, -0.15) is 0 Å². The summed E-state index contributed by atoms with van der Waals surface area (Å²) in [6.07, 6.45) is 16.9. The first-order valence-electron chi connectivity index (χ1n) is 8.73. The van der Waals surface area contributed by atoms with Crippen molar-refractivity contribution >= 4 is 5.97 Å². The largest absolute Gasteiger partial charge is 0.465 e. The molecule has 0 amide bonds. The molecule has 4 heteroatoms.